The van der Waals surface area contributed by atoms with Gasteiger partial charge >= 0.3 is 0 Å². The molecule has 1 aromatic carbocycles. The first-order valence-electron chi connectivity index (χ1n) is 9.64. The van der Waals surface area contributed by atoms with E-state index in [0.29, 0.717) is 0 Å². The quantitative estimate of drug-likeness (QED) is 0.223. The van der Waals surface area contributed by atoms with Gasteiger partial charge in [0.05, 0.1) is 6.61 Å². The van der Waals surface area contributed by atoms with Crippen molar-refractivity contribution < 1.29 is 4.74 Å². The van der Waals surface area contributed by atoms with Gasteiger partial charge in [-0.15, -0.1) is 24.0 Å². The number of benzene rings is 1. The first kappa shape index (κ1) is 23.0. The highest BCUT2D eigenvalue weighted by Gasteiger charge is 2.22. The molecule has 5 nitrogen and oxygen atoms in total. The summed E-state index contributed by atoms with van der Waals surface area (Å²) in [7, 11) is 1.81. The van der Waals surface area contributed by atoms with Gasteiger partial charge in [0.25, 0.3) is 0 Å². The van der Waals surface area contributed by atoms with E-state index in [1.165, 1.54) is 18.4 Å². The number of guanidine groups is 1. The molecule has 1 aliphatic rings. The van der Waals surface area contributed by atoms with Crippen molar-refractivity contribution in [3.05, 3.63) is 29.8 Å². The van der Waals surface area contributed by atoms with E-state index in [1.807, 2.05) is 13.1 Å². The number of aliphatic imine (C=N–C) groups is 1. The lowest BCUT2D eigenvalue weighted by atomic mass is 10.2. The smallest absolute Gasteiger partial charge is 0.191 e. The highest BCUT2D eigenvalue weighted by Crippen LogP contribution is 2.30. The van der Waals surface area contributed by atoms with Gasteiger partial charge in [-0.1, -0.05) is 32.0 Å². The van der Waals surface area contributed by atoms with E-state index >= 15 is 0 Å². The van der Waals surface area contributed by atoms with Crippen molar-refractivity contribution in [3.63, 3.8) is 0 Å². The van der Waals surface area contributed by atoms with Gasteiger partial charge in [-0.3, -0.25) is 4.99 Å². The van der Waals surface area contributed by atoms with Crippen molar-refractivity contribution in [1.82, 2.24) is 15.5 Å². The topological polar surface area (TPSA) is 48.9 Å². The molecular formula is C20H35IN4O. The number of nitrogens with one attached hydrogen (secondary N) is 2. The minimum Gasteiger partial charge on any atom is -0.493 e. The molecule has 1 fully saturated rings. The van der Waals surface area contributed by atoms with Gasteiger partial charge in [0.2, 0.25) is 0 Å². The van der Waals surface area contributed by atoms with Crippen LogP contribution in [0.15, 0.2) is 29.3 Å². The Morgan fingerprint density at radius 2 is 1.92 bits per heavy atom. The van der Waals surface area contributed by atoms with Gasteiger partial charge in [0.1, 0.15) is 5.75 Å². The molecule has 0 amide bonds. The maximum absolute atomic E-state index is 5.97. The Bertz CT molecular complexity index is 530. The average molecular weight is 474 g/mol. The molecule has 1 aromatic rings. The zero-order valence-corrected chi connectivity index (χ0v) is 18.8. The van der Waals surface area contributed by atoms with Crippen molar-refractivity contribution in [3.8, 4) is 5.75 Å². The molecule has 2 N–H and O–H groups in total. The number of rotatable bonds is 11. The zero-order valence-electron chi connectivity index (χ0n) is 16.5. The highest BCUT2D eigenvalue weighted by molar-refractivity contribution is 14.0. The number of nitrogens with zero attached hydrogens (tertiary/aromatic N) is 2. The molecule has 0 bridgehead atoms. The van der Waals surface area contributed by atoms with E-state index in [2.05, 4.69) is 52.6 Å². The molecule has 148 valence electrons. The number of para-hydroxylation sites is 1. The summed E-state index contributed by atoms with van der Waals surface area (Å²) in [6, 6.07) is 8.26. The first-order chi connectivity index (χ1) is 12.3. The van der Waals surface area contributed by atoms with Crippen molar-refractivity contribution in [2.24, 2.45) is 10.9 Å². The molecule has 6 heteroatoms. The van der Waals surface area contributed by atoms with Crippen LogP contribution in [0.3, 0.4) is 0 Å². The van der Waals surface area contributed by atoms with Gasteiger partial charge in [-0.25, -0.2) is 0 Å². The summed E-state index contributed by atoms with van der Waals surface area (Å²) in [5.41, 5.74) is 1.18. The van der Waals surface area contributed by atoms with Crippen molar-refractivity contribution >= 4 is 29.9 Å². The number of halogens is 1. The fourth-order valence-electron chi connectivity index (χ4n) is 2.73. The van der Waals surface area contributed by atoms with Crippen molar-refractivity contribution in [2.45, 2.75) is 39.7 Å². The summed E-state index contributed by atoms with van der Waals surface area (Å²) in [6.45, 7) is 10.2. The van der Waals surface area contributed by atoms with Gasteiger partial charge in [0.15, 0.2) is 5.96 Å². The van der Waals surface area contributed by atoms with Crippen LogP contribution >= 0.6 is 24.0 Å². The van der Waals surface area contributed by atoms with Crippen LogP contribution in [0.5, 0.6) is 5.75 Å². The maximum Gasteiger partial charge on any atom is 0.191 e. The van der Waals surface area contributed by atoms with Crippen LogP contribution in [0.4, 0.5) is 0 Å². The molecule has 1 aliphatic carbocycles. The van der Waals surface area contributed by atoms with Crippen LogP contribution in [-0.2, 0) is 6.54 Å². The lowest BCUT2D eigenvalue weighted by molar-refractivity contribution is 0.296. The van der Waals surface area contributed by atoms with Crippen LogP contribution in [0.25, 0.3) is 0 Å². The maximum atomic E-state index is 5.97. The number of hydrogen-bond donors (Lipinski definition) is 2. The molecule has 0 saturated heterocycles. The molecule has 0 spiro atoms. The van der Waals surface area contributed by atoms with Gasteiger partial charge in [0, 0.05) is 25.7 Å². The Balaban J connectivity index is 0.00000338. The average Bonchev–Trinajstić information content (AvgIpc) is 3.47. The highest BCUT2D eigenvalue weighted by atomic mass is 127. The summed E-state index contributed by atoms with van der Waals surface area (Å²) in [5, 5.41) is 6.79. The second-order valence-electron chi connectivity index (χ2n) is 6.60. The molecule has 0 unspecified atom stereocenters. The van der Waals surface area contributed by atoms with Crippen LogP contribution in [0.1, 0.15) is 38.7 Å². The SMILES string of the molecule is CCN(CC)CCCNC(=NC)NCc1ccccc1OCC1CC1.I. The normalized spacial score (nSPS) is 14.1. The van der Waals surface area contributed by atoms with Crippen LogP contribution in [0, 0.1) is 5.92 Å². The number of hydrogen-bond acceptors (Lipinski definition) is 3. The molecule has 26 heavy (non-hydrogen) atoms. The Morgan fingerprint density at radius 3 is 2.58 bits per heavy atom. The van der Waals surface area contributed by atoms with Gasteiger partial charge in [-0.2, -0.15) is 0 Å². The van der Waals surface area contributed by atoms with E-state index in [4.69, 9.17) is 4.74 Å². The summed E-state index contributed by atoms with van der Waals surface area (Å²) < 4.78 is 5.97. The zero-order chi connectivity index (χ0) is 17.9. The van der Waals surface area contributed by atoms with Crippen molar-refractivity contribution in [1.29, 1.82) is 0 Å². The lowest BCUT2D eigenvalue weighted by Crippen LogP contribution is -2.38. The lowest BCUT2D eigenvalue weighted by Gasteiger charge is -2.18. The van der Waals surface area contributed by atoms with Gasteiger partial charge in [-0.05, 0) is 50.9 Å². The summed E-state index contributed by atoms with van der Waals surface area (Å²) in [5.74, 6) is 2.59. The molecule has 0 heterocycles. The number of ether oxygens (including phenoxy) is 1. The predicted molar refractivity (Wildman–Crippen MR) is 121 cm³/mol. The molecule has 0 aromatic heterocycles. The Labute approximate surface area is 176 Å². The third kappa shape index (κ3) is 8.58. The fraction of sp³-hybridized carbons (Fsp3) is 0.650. The molecule has 1 saturated carbocycles. The standard InChI is InChI=1S/C20H34N4O.HI/c1-4-24(5-2)14-8-13-22-20(21-3)23-15-18-9-6-7-10-19(18)25-16-17-11-12-17;/h6-7,9-10,17H,4-5,8,11-16H2,1-3H3,(H2,21,22,23);1H. The fourth-order valence-corrected chi connectivity index (χ4v) is 2.73. The molecule has 0 atom stereocenters. The van der Waals surface area contributed by atoms with Crippen molar-refractivity contribution in [2.75, 3.05) is 39.8 Å². The molecule has 2 rings (SSSR count). The Kier molecular flexibility index (Phi) is 11.7. The molecular weight excluding hydrogens is 439 g/mol. The summed E-state index contributed by atoms with van der Waals surface area (Å²) in [6.07, 6.45) is 3.73. The van der Waals surface area contributed by atoms with Gasteiger partial charge < -0.3 is 20.3 Å². The van der Waals surface area contributed by atoms with E-state index in [9.17, 15) is 0 Å². The summed E-state index contributed by atoms with van der Waals surface area (Å²) >= 11 is 0. The third-order valence-electron chi connectivity index (χ3n) is 4.65. The van der Waals surface area contributed by atoms with Crippen LogP contribution < -0.4 is 15.4 Å². The minimum absolute atomic E-state index is 0. The van der Waals surface area contributed by atoms with E-state index in [1.54, 1.807) is 0 Å². The van der Waals surface area contributed by atoms with E-state index < -0.39 is 0 Å². The van der Waals surface area contributed by atoms with Crippen LogP contribution in [-0.4, -0.2) is 50.7 Å². The monoisotopic (exact) mass is 474 g/mol. The third-order valence-corrected chi connectivity index (χ3v) is 4.65. The summed E-state index contributed by atoms with van der Waals surface area (Å²) in [4.78, 5) is 6.75. The second kappa shape index (κ2) is 13.2. The largest absolute Gasteiger partial charge is 0.493 e. The minimum atomic E-state index is 0. The second-order valence-corrected chi connectivity index (χ2v) is 6.60. The first-order valence-corrected chi connectivity index (χ1v) is 9.64. The Morgan fingerprint density at radius 1 is 1.19 bits per heavy atom. The molecule has 0 aliphatic heterocycles. The van der Waals surface area contributed by atoms with E-state index in [0.717, 1.165) is 63.4 Å². The molecule has 0 radical (unpaired) electrons. The predicted octanol–water partition coefficient (Wildman–Crippen LogP) is 3.49. The van der Waals surface area contributed by atoms with E-state index in [-0.39, 0.29) is 24.0 Å². The Hall–Kier alpha value is -1.02. The van der Waals surface area contributed by atoms with Crippen LogP contribution in [0.2, 0.25) is 0 Å².